The van der Waals surface area contributed by atoms with Crippen molar-refractivity contribution in [3.63, 3.8) is 0 Å². The maximum atomic E-state index is 13.9. The smallest absolute Gasteiger partial charge is 0.335 e. The van der Waals surface area contributed by atoms with Crippen molar-refractivity contribution in [3.05, 3.63) is 222 Å². The van der Waals surface area contributed by atoms with Gasteiger partial charge in [0.2, 0.25) is 30.1 Å². The number of ether oxygens (including phenoxy) is 4. The first kappa shape index (κ1) is 113. The number of unbranched alkanes of at least 4 members (excludes halogenated alkanes) is 8. The predicted octanol–water partition coefficient (Wildman–Crippen LogP) is 24.0. The number of hydrogen-bond acceptors (Lipinski definition) is 20. The van der Waals surface area contributed by atoms with E-state index in [0.717, 1.165) is 109 Å². The number of nitrogens with one attached hydrogen (secondary N) is 1. The number of sulfonamides is 4. The van der Waals surface area contributed by atoms with Crippen LogP contribution in [-0.4, -0.2) is 183 Å². The molecule has 0 heterocycles. The van der Waals surface area contributed by atoms with Crippen LogP contribution >= 0.6 is 0 Å². The first-order chi connectivity index (χ1) is 65.2. The molecule has 0 unspecified atom stereocenters. The molecule has 32 heteroatoms. The standard InChI is InChI=1S/C27H32N2O5S.C27H40N2O5S.2C25H36N2O5S/c1-3-5-17-29(18-6-4-2)24-19-21(27(30)31)20-25(26(24)34-23-15-11-8-12-16-23)35(32,33)28-22-13-9-7-10-14-22;1-5-9-18-28(19-10-6-2)24-20-22(27(30)31)21-25(26(24)34-23-14-12-11-13-15-23)35(32,33)29(16-7-3)17-8-4;1-5-8-16-27(17-9-6-2)22-18-20(25(28)29)19-23(33(30,31)26(4)15-7-3)24(22)32-21-13-11-10-12-14-21;1-5-9-16-26(17-10-6-2)22-18-20(25(28)29)19-23(33(30,31)27(7-3)8-4)24(22)32-21-14-12-11-13-15-21/h7-16,19-20,28H,3-6,17-18H2,1-2H3,(H,30,31);11-15,20-21H,5-10,16-19H2,1-4H3,(H,30,31);10-14,18-19H,5-9,15-17H2,1-4H3,(H,28,29);11-15,18-19H,5-10,16-17H2,1-4H3,(H,28,29). The van der Waals surface area contributed by atoms with Gasteiger partial charge in [-0.3, -0.25) is 4.72 Å². The van der Waals surface area contributed by atoms with Gasteiger partial charge < -0.3 is 59.0 Å². The third-order valence-corrected chi connectivity index (χ3v) is 29.2. The zero-order valence-corrected chi connectivity index (χ0v) is 85.0. The molecule has 9 rings (SSSR count). The van der Waals surface area contributed by atoms with Gasteiger partial charge in [0, 0.05) is 97.8 Å². The fraction of sp³-hybridized carbons (Fsp3) is 0.442. The fourth-order valence-corrected chi connectivity index (χ4v) is 20.6. The molecular formula is C104H144N8O20S4. The second-order valence-electron chi connectivity index (χ2n) is 32.7. The molecule has 0 spiro atoms. The van der Waals surface area contributed by atoms with E-state index < -0.39 is 64.0 Å². The largest absolute Gasteiger partial charge is 0.478 e. The molecule has 9 aromatic rings. The monoisotopic (exact) mass is 1950 g/mol. The summed E-state index contributed by atoms with van der Waals surface area (Å²) in [5, 5.41) is 39.3. The van der Waals surface area contributed by atoms with E-state index in [4.69, 9.17) is 18.9 Å². The minimum atomic E-state index is -4.18. The average Bonchev–Trinajstić information content (AvgIpc) is 1.05. The van der Waals surface area contributed by atoms with Gasteiger partial charge in [0.15, 0.2) is 23.0 Å². The molecule has 0 amide bonds. The summed E-state index contributed by atoms with van der Waals surface area (Å²) < 4.78 is 141. The van der Waals surface area contributed by atoms with Crippen LogP contribution in [0.4, 0.5) is 28.4 Å². The summed E-state index contributed by atoms with van der Waals surface area (Å²) in [6.07, 6.45) is 16.7. The van der Waals surface area contributed by atoms with Crippen molar-refractivity contribution < 1.29 is 92.2 Å². The Hall–Kier alpha value is -11.3. The van der Waals surface area contributed by atoms with Crippen LogP contribution in [0.3, 0.4) is 0 Å². The molecule has 0 fully saturated rings. The minimum Gasteiger partial charge on any atom is -0.478 e. The lowest BCUT2D eigenvalue weighted by Gasteiger charge is -2.30. The average molecular weight is 1950 g/mol. The van der Waals surface area contributed by atoms with Gasteiger partial charge in [0.25, 0.3) is 10.0 Å². The number of para-hydroxylation sites is 5. The number of rotatable bonds is 57. The zero-order valence-electron chi connectivity index (χ0n) is 81.8. The van der Waals surface area contributed by atoms with Crippen molar-refractivity contribution in [1.29, 1.82) is 0 Å². The van der Waals surface area contributed by atoms with Gasteiger partial charge in [-0.25, -0.2) is 57.2 Å². The van der Waals surface area contributed by atoms with Gasteiger partial charge in [-0.15, -0.1) is 0 Å². The molecule has 136 heavy (non-hydrogen) atoms. The van der Waals surface area contributed by atoms with E-state index in [1.54, 1.807) is 111 Å². The molecule has 0 aliphatic carbocycles. The van der Waals surface area contributed by atoms with E-state index in [1.165, 1.54) is 56.4 Å². The summed E-state index contributed by atoms with van der Waals surface area (Å²) in [7, 11) is -14.7. The highest BCUT2D eigenvalue weighted by atomic mass is 32.2. The highest BCUT2D eigenvalue weighted by molar-refractivity contribution is 7.93. The summed E-state index contributed by atoms with van der Waals surface area (Å²) >= 11 is 0. The van der Waals surface area contributed by atoms with E-state index in [1.807, 2.05) is 86.3 Å². The van der Waals surface area contributed by atoms with Crippen LogP contribution in [0.1, 0.15) is 253 Å². The maximum Gasteiger partial charge on any atom is 0.335 e. The highest BCUT2D eigenvalue weighted by Crippen LogP contribution is 2.47. The van der Waals surface area contributed by atoms with E-state index >= 15 is 0 Å². The van der Waals surface area contributed by atoms with E-state index in [2.05, 4.69) is 74.8 Å². The van der Waals surface area contributed by atoms with Gasteiger partial charge in [0.05, 0.1) is 45.0 Å². The van der Waals surface area contributed by atoms with Gasteiger partial charge in [-0.05, 0) is 180 Å². The van der Waals surface area contributed by atoms with Crippen LogP contribution < -0.4 is 43.3 Å². The lowest BCUT2D eigenvalue weighted by atomic mass is 10.1. The Morgan fingerprint density at radius 3 is 0.721 bits per heavy atom. The van der Waals surface area contributed by atoms with Crippen molar-refractivity contribution in [2.24, 2.45) is 0 Å². The number of carbonyl (C=O) groups is 4. The first-order valence-electron chi connectivity index (χ1n) is 47.8. The number of hydrogen-bond donors (Lipinski definition) is 5. The van der Waals surface area contributed by atoms with Gasteiger partial charge in [-0.1, -0.05) is 232 Å². The molecule has 0 radical (unpaired) electrons. The number of aromatic carboxylic acids is 4. The molecule has 0 saturated carbocycles. The Morgan fingerprint density at radius 2 is 0.493 bits per heavy atom. The molecule has 28 nitrogen and oxygen atoms in total. The summed E-state index contributed by atoms with van der Waals surface area (Å²) in [5.41, 5.74) is 1.97. The molecule has 5 N–H and O–H groups in total. The van der Waals surface area contributed by atoms with Crippen molar-refractivity contribution in [1.82, 2.24) is 12.9 Å². The number of carboxylic acid groups (broad SMARTS) is 4. The predicted molar refractivity (Wildman–Crippen MR) is 545 cm³/mol. The Kier molecular flexibility index (Phi) is 48.7. The maximum absolute atomic E-state index is 13.9. The van der Waals surface area contributed by atoms with Crippen molar-refractivity contribution in [3.8, 4) is 46.0 Å². The molecule has 9 aromatic carbocycles. The highest BCUT2D eigenvalue weighted by Gasteiger charge is 2.37. The van der Waals surface area contributed by atoms with E-state index in [-0.39, 0.29) is 77.9 Å². The fourth-order valence-electron chi connectivity index (χ4n) is 14.6. The SMILES string of the molecule is CCCCN(CCCC)c1cc(C(=O)O)cc(S(=O)(=O)N(C)CCC)c1Oc1ccccc1.CCCCN(CCCC)c1cc(C(=O)O)cc(S(=O)(=O)N(CC)CC)c1Oc1ccccc1.CCCCN(CCCC)c1cc(C(=O)O)cc(S(=O)(=O)N(CCC)CCC)c1Oc1ccccc1.CCCCN(CCCC)c1cc(C(=O)O)cc(S(=O)(=O)Nc2ccccc2)c1Oc1ccccc1. The van der Waals surface area contributed by atoms with Gasteiger partial charge in [-0.2, -0.15) is 8.61 Å². The van der Waals surface area contributed by atoms with E-state index in [9.17, 15) is 73.3 Å². The second kappa shape index (κ2) is 58.3. The summed E-state index contributed by atoms with van der Waals surface area (Å²) in [4.78, 5) is 55.7. The molecule has 0 aromatic heterocycles. The van der Waals surface area contributed by atoms with Crippen molar-refractivity contribution >= 4 is 92.4 Å². The third-order valence-electron chi connectivity index (χ3n) is 22.0. The number of anilines is 5. The van der Waals surface area contributed by atoms with Gasteiger partial charge in [0.1, 0.15) is 42.6 Å². The number of nitrogens with zero attached hydrogens (tertiary/aromatic N) is 7. The van der Waals surface area contributed by atoms with Crippen LogP contribution in [0, 0.1) is 0 Å². The van der Waals surface area contributed by atoms with Crippen LogP contribution in [0.25, 0.3) is 0 Å². The Bertz CT molecular complexity index is 5620. The minimum absolute atomic E-state index is 0.0649. The Labute approximate surface area is 808 Å². The molecule has 0 aliphatic heterocycles. The quantitative estimate of drug-likeness (QED) is 0.0236. The number of benzene rings is 9. The van der Waals surface area contributed by atoms with Crippen LogP contribution in [0.15, 0.2) is 220 Å². The van der Waals surface area contributed by atoms with Gasteiger partial charge >= 0.3 is 23.9 Å². The lowest BCUT2D eigenvalue weighted by molar-refractivity contribution is 0.0685. The normalized spacial score (nSPS) is 11.4. The third kappa shape index (κ3) is 33.6. The Balaban J connectivity index is 0.000000279. The molecule has 0 aliphatic rings. The van der Waals surface area contributed by atoms with E-state index in [0.29, 0.717) is 143 Å². The molecule has 0 atom stereocenters. The van der Waals surface area contributed by atoms with Crippen molar-refractivity contribution in [2.45, 2.75) is 232 Å². The van der Waals surface area contributed by atoms with Crippen LogP contribution in [0.5, 0.6) is 46.0 Å². The topological polar surface area (TPSA) is 357 Å². The molecule has 744 valence electrons. The van der Waals surface area contributed by atoms with Crippen LogP contribution in [-0.2, 0) is 40.1 Å². The molecule has 0 saturated heterocycles. The molecular weight excluding hydrogens is 1810 g/mol. The second-order valence-corrected chi connectivity index (χ2v) is 40.2. The van der Waals surface area contributed by atoms with Crippen molar-refractivity contribution in [2.75, 3.05) is 116 Å². The summed E-state index contributed by atoms with van der Waals surface area (Å²) in [6, 6.07) is 55.3. The Morgan fingerprint density at radius 1 is 0.272 bits per heavy atom. The molecule has 0 bridgehead atoms. The lowest BCUT2D eigenvalue weighted by Crippen LogP contribution is -2.33. The van der Waals surface area contributed by atoms with Crippen LogP contribution in [0.2, 0.25) is 0 Å². The summed E-state index contributed by atoms with van der Waals surface area (Å²) in [5.74, 6) is -2.17. The number of carboxylic acids is 4. The summed E-state index contributed by atoms with van der Waals surface area (Å²) in [6.45, 7) is 32.9. The first-order valence-corrected chi connectivity index (χ1v) is 53.6. The zero-order chi connectivity index (χ0) is 100.0.